The smallest absolute Gasteiger partial charge is 0.223 e. The summed E-state index contributed by atoms with van der Waals surface area (Å²) in [7, 11) is 0. The molecule has 5 nitrogen and oxygen atoms in total. The van der Waals surface area contributed by atoms with Crippen LogP contribution in [-0.2, 0) is 24.3 Å². The van der Waals surface area contributed by atoms with Crippen LogP contribution < -0.4 is 4.74 Å². The number of rotatable bonds is 9. The normalized spacial score (nSPS) is 15.6. The number of likely N-dealkylation sites (tertiary alicyclic amines) is 1. The minimum Gasteiger partial charge on any atom is -0.491 e. The van der Waals surface area contributed by atoms with Crippen molar-refractivity contribution in [3.63, 3.8) is 0 Å². The van der Waals surface area contributed by atoms with Gasteiger partial charge in [-0.3, -0.25) is 4.79 Å². The zero-order chi connectivity index (χ0) is 24.2. The maximum absolute atomic E-state index is 13.3. The van der Waals surface area contributed by atoms with E-state index in [1.165, 1.54) is 12.1 Å². The Morgan fingerprint density at radius 3 is 2.66 bits per heavy atom. The highest BCUT2D eigenvalue weighted by Crippen LogP contribution is 2.31. The van der Waals surface area contributed by atoms with E-state index in [1.807, 2.05) is 47.4 Å². The summed E-state index contributed by atoms with van der Waals surface area (Å²) < 4.78 is 21.6. The number of benzene rings is 3. The third kappa shape index (κ3) is 4.97. The Labute approximate surface area is 204 Å². The van der Waals surface area contributed by atoms with Crippen molar-refractivity contribution < 1.29 is 13.9 Å². The number of imidazole rings is 1. The number of hydrogen-bond donors (Lipinski definition) is 0. The highest BCUT2D eigenvalue weighted by molar-refractivity contribution is 5.81. The van der Waals surface area contributed by atoms with Gasteiger partial charge < -0.3 is 14.2 Å². The van der Waals surface area contributed by atoms with Crippen molar-refractivity contribution in [1.82, 2.24) is 14.5 Å². The highest BCUT2D eigenvalue weighted by atomic mass is 19.1. The molecule has 3 aromatic carbocycles. The molecule has 178 valence electrons. The lowest BCUT2D eigenvalue weighted by atomic mass is 10.1. The monoisotopic (exact) mass is 469 g/mol. The van der Waals surface area contributed by atoms with Gasteiger partial charge in [0.15, 0.2) is 0 Å². The highest BCUT2D eigenvalue weighted by Gasteiger charge is 2.34. The van der Waals surface area contributed by atoms with E-state index in [0.717, 1.165) is 40.2 Å². The Morgan fingerprint density at radius 1 is 1.06 bits per heavy atom. The third-order valence-electron chi connectivity index (χ3n) is 6.46. The average molecular weight is 470 g/mol. The number of aromatic nitrogens is 2. The maximum atomic E-state index is 13.3. The number of allylic oxidation sites excluding steroid dienone is 1. The molecule has 4 aromatic rings. The number of halogens is 1. The van der Waals surface area contributed by atoms with Crippen molar-refractivity contribution in [2.24, 2.45) is 0 Å². The van der Waals surface area contributed by atoms with Crippen LogP contribution in [-0.4, -0.2) is 33.5 Å². The number of carbonyl (C=O) groups is 1. The second-order valence-corrected chi connectivity index (χ2v) is 8.86. The van der Waals surface area contributed by atoms with Gasteiger partial charge in [0.2, 0.25) is 5.91 Å². The van der Waals surface area contributed by atoms with Crippen molar-refractivity contribution in [2.75, 3.05) is 13.2 Å². The fraction of sp³-hybridized carbons (Fsp3) is 0.241. The average Bonchev–Trinajstić information content (AvgIpc) is 3.42. The van der Waals surface area contributed by atoms with E-state index in [4.69, 9.17) is 9.72 Å². The van der Waals surface area contributed by atoms with Crippen LogP contribution >= 0.6 is 0 Å². The fourth-order valence-corrected chi connectivity index (χ4v) is 4.76. The first-order valence-corrected chi connectivity index (χ1v) is 11.9. The molecule has 0 radical (unpaired) electrons. The summed E-state index contributed by atoms with van der Waals surface area (Å²) in [4.78, 5) is 19.6. The molecule has 5 rings (SSSR count). The van der Waals surface area contributed by atoms with Crippen LogP contribution in [0.15, 0.2) is 85.5 Å². The molecule has 1 amide bonds. The Bertz CT molecular complexity index is 1350. The second kappa shape index (κ2) is 10.1. The van der Waals surface area contributed by atoms with E-state index in [9.17, 15) is 9.18 Å². The van der Waals surface area contributed by atoms with E-state index in [2.05, 4.69) is 23.3 Å². The molecule has 1 aromatic heterocycles. The molecular formula is C29H28FN3O2. The summed E-state index contributed by atoms with van der Waals surface area (Å²) in [6.07, 6.45) is 3.04. The zero-order valence-corrected chi connectivity index (χ0v) is 19.6. The first-order chi connectivity index (χ1) is 17.1. The van der Waals surface area contributed by atoms with Crippen LogP contribution in [0.4, 0.5) is 4.39 Å². The van der Waals surface area contributed by atoms with E-state index in [-0.39, 0.29) is 17.6 Å². The van der Waals surface area contributed by atoms with Gasteiger partial charge in [-0.2, -0.15) is 0 Å². The number of hydrogen-bond acceptors (Lipinski definition) is 3. The second-order valence-electron chi connectivity index (χ2n) is 8.86. The van der Waals surface area contributed by atoms with Crippen LogP contribution in [0.2, 0.25) is 0 Å². The SMILES string of the molecule is C=CCc1ccccc1OCCn1c([C@H]2CC(=O)N(Cc3ccc(F)cc3)C2)nc2ccccc21. The van der Waals surface area contributed by atoms with Crippen molar-refractivity contribution in [3.05, 3.63) is 108 Å². The van der Waals surface area contributed by atoms with Crippen molar-refractivity contribution in [2.45, 2.75) is 31.8 Å². The number of nitrogens with zero attached hydrogens (tertiary/aromatic N) is 3. The number of amides is 1. The van der Waals surface area contributed by atoms with Crippen molar-refractivity contribution >= 4 is 16.9 Å². The number of fused-ring (bicyclic) bond motifs is 1. The Balaban J connectivity index is 1.35. The lowest BCUT2D eigenvalue weighted by Gasteiger charge is -2.18. The molecule has 35 heavy (non-hydrogen) atoms. The minimum absolute atomic E-state index is 0.0107. The number of para-hydroxylation sites is 3. The summed E-state index contributed by atoms with van der Waals surface area (Å²) in [5.74, 6) is 1.57. The molecule has 0 N–H and O–H groups in total. The quantitative estimate of drug-likeness (QED) is 0.304. The molecule has 1 fully saturated rings. The zero-order valence-electron chi connectivity index (χ0n) is 19.6. The van der Waals surface area contributed by atoms with Gasteiger partial charge in [-0.15, -0.1) is 6.58 Å². The first-order valence-electron chi connectivity index (χ1n) is 11.9. The molecule has 0 spiro atoms. The van der Waals surface area contributed by atoms with E-state index in [1.54, 1.807) is 12.1 Å². The minimum atomic E-state index is -0.276. The predicted molar refractivity (Wildman–Crippen MR) is 135 cm³/mol. The lowest BCUT2D eigenvalue weighted by molar-refractivity contribution is -0.128. The van der Waals surface area contributed by atoms with Gasteiger partial charge in [0.1, 0.15) is 24.0 Å². The van der Waals surface area contributed by atoms with Gasteiger partial charge in [0, 0.05) is 25.4 Å². The summed E-state index contributed by atoms with van der Waals surface area (Å²) in [6.45, 7) is 6.00. The van der Waals surface area contributed by atoms with Crippen LogP contribution in [0, 0.1) is 5.82 Å². The molecule has 0 unspecified atom stereocenters. The third-order valence-corrected chi connectivity index (χ3v) is 6.46. The summed E-state index contributed by atoms with van der Waals surface area (Å²) >= 11 is 0. The van der Waals surface area contributed by atoms with Gasteiger partial charge in [-0.25, -0.2) is 9.37 Å². The Morgan fingerprint density at radius 2 is 1.83 bits per heavy atom. The molecular weight excluding hydrogens is 441 g/mol. The predicted octanol–water partition coefficient (Wildman–Crippen LogP) is 5.50. The number of ether oxygens (including phenoxy) is 1. The molecule has 2 heterocycles. The van der Waals surface area contributed by atoms with E-state index in [0.29, 0.717) is 32.7 Å². The first kappa shape index (κ1) is 22.8. The summed E-state index contributed by atoms with van der Waals surface area (Å²) in [5, 5.41) is 0. The lowest BCUT2D eigenvalue weighted by Crippen LogP contribution is -2.24. The molecule has 0 aliphatic carbocycles. The maximum Gasteiger partial charge on any atom is 0.223 e. The topological polar surface area (TPSA) is 47.4 Å². The standard InChI is InChI=1S/C29H28FN3O2/c1-2-7-22-8-3-6-11-27(22)35-17-16-33-26-10-5-4-9-25(26)31-29(33)23-18-28(34)32(20-23)19-21-12-14-24(30)15-13-21/h2-6,8-15,23H,1,7,16-20H2/t23-/m0/s1. The molecule has 1 aliphatic heterocycles. The Kier molecular flexibility index (Phi) is 6.62. The van der Waals surface area contributed by atoms with Gasteiger partial charge in [0.25, 0.3) is 0 Å². The van der Waals surface area contributed by atoms with Gasteiger partial charge >= 0.3 is 0 Å². The molecule has 0 bridgehead atoms. The molecule has 6 heteroatoms. The van der Waals surface area contributed by atoms with Crippen LogP contribution in [0.1, 0.15) is 29.3 Å². The van der Waals surface area contributed by atoms with E-state index < -0.39 is 0 Å². The molecule has 1 aliphatic rings. The molecule has 1 atom stereocenters. The molecule has 1 saturated heterocycles. The summed E-state index contributed by atoms with van der Waals surface area (Å²) in [5.41, 5.74) is 3.98. The largest absolute Gasteiger partial charge is 0.491 e. The van der Waals surface area contributed by atoms with Gasteiger partial charge in [0.05, 0.1) is 17.6 Å². The molecule has 0 saturated carbocycles. The van der Waals surface area contributed by atoms with Crippen molar-refractivity contribution in [1.29, 1.82) is 0 Å². The summed E-state index contributed by atoms with van der Waals surface area (Å²) in [6, 6.07) is 22.4. The van der Waals surface area contributed by atoms with Gasteiger partial charge in [-0.1, -0.05) is 48.5 Å². The fourth-order valence-electron chi connectivity index (χ4n) is 4.76. The van der Waals surface area contributed by atoms with Gasteiger partial charge in [-0.05, 0) is 47.9 Å². The van der Waals surface area contributed by atoms with Crippen LogP contribution in [0.3, 0.4) is 0 Å². The van der Waals surface area contributed by atoms with E-state index >= 15 is 0 Å². The van der Waals surface area contributed by atoms with Crippen molar-refractivity contribution in [3.8, 4) is 5.75 Å². The Hall–Kier alpha value is -3.93. The number of carbonyl (C=O) groups excluding carboxylic acids is 1. The van der Waals surface area contributed by atoms with Crippen LogP contribution in [0.5, 0.6) is 5.75 Å². The van der Waals surface area contributed by atoms with Crippen LogP contribution in [0.25, 0.3) is 11.0 Å².